The van der Waals surface area contributed by atoms with Crippen LogP contribution in [-0.4, -0.2) is 18.0 Å². The number of nitrogens with one attached hydrogen (secondary N) is 1. The van der Waals surface area contributed by atoms with E-state index in [1.165, 1.54) is 0 Å². The minimum Gasteiger partial charge on any atom is -0.497 e. The summed E-state index contributed by atoms with van der Waals surface area (Å²) >= 11 is 0. The first kappa shape index (κ1) is 14.3. The lowest BCUT2D eigenvalue weighted by Gasteiger charge is -2.21. The Morgan fingerprint density at radius 2 is 2.10 bits per heavy atom. The van der Waals surface area contributed by atoms with Gasteiger partial charge in [-0.05, 0) is 24.6 Å². The third-order valence-electron chi connectivity index (χ3n) is 3.65. The van der Waals surface area contributed by atoms with Crippen molar-refractivity contribution in [1.29, 1.82) is 0 Å². The third kappa shape index (κ3) is 2.90. The van der Waals surface area contributed by atoms with Crippen LogP contribution in [0.1, 0.15) is 27.2 Å². The molecule has 106 valence electrons. The molecule has 1 N–H and O–H groups in total. The van der Waals surface area contributed by atoms with Gasteiger partial charge in [0.05, 0.1) is 24.5 Å². The van der Waals surface area contributed by atoms with Gasteiger partial charge >= 0.3 is 0 Å². The molecule has 1 amide bonds. The highest BCUT2D eigenvalue weighted by atomic mass is 16.5. The van der Waals surface area contributed by atoms with E-state index >= 15 is 0 Å². The lowest BCUT2D eigenvalue weighted by atomic mass is 9.89. The van der Waals surface area contributed by atoms with Crippen molar-refractivity contribution in [2.75, 3.05) is 12.4 Å². The number of carbonyl (C=O) groups excluding carboxylic acids is 1. The highest BCUT2D eigenvalue weighted by Gasteiger charge is 2.25. The van der Waals surface area contributed by atoms with Crippen molar-refractivity contribution in [3.63, 3.8) is 0 Å². The van der Waals surface area contributed by atoms with Crippen molar-refractivity contribution < 1.29 is 9.53 Å². The molecule has 0 aliphatic carbocycles. The Balaban J connectivity index is 2.26. The van der Waals surface area contributed by atoms with Gasteiger partial charge in [0.25, 0.3) is 0 Å². The summed E-state index contributed by atoms with van der Waals surface area (Å²) in [5.74, 6) is 0.781. The molecule has 20 heavy (non-hydrogen) atoms. The maximum absolute atomic E-state index is 12.1. The molecule has 0 spiro atoms. The van der Waals surface area contributed by atoms with E-state index in [-0.39, 0.29) is 11.3 Å². The van der Waals surface area contributed by atoms with Crippen molar-refractivity contribution >= 4 is 22.5 Å². The van der Waals surface area contributed by atoms with E-state index in [2.05, 4.69) is 10.3 Å². The molecule has 0 atom stereocenters. The quantitative estimate of drug-likeness (QED) is 0.924. The second kappa shape index (κ2) is 5.49. The second-order valence-electron chi connectivity index (χ2n) is 5.47. The number of hydrogen-bond donors (Lipinski definition) is 1. The summed E-state index contributed by atoms with van der Waals surface area (Å²) in [6, 6.07) is 7.61. The summed E-state index contributed by atoms with van der Waals surface area (Å²) in [5.41, 5.74) is 1.18. The van der Waals surface area contributed by atoms with Crippen molar-refractivity contribution in [1.82, 2.24) is 4.98 Å². The number of methoxy groups -OCH3 is 1. The van der Waals surface area contributed by atoms with Crippen LogP contribution in [0.4, 0.5) is 5.69 Å². The maximum atomic E-state index is 12.1. The van der Waals surface area contributed by atoms with E-state index in [0.29, 0.717) is 5.69 Å². The predicted octanol–water partition coefficient (Wildman–Crippen LogP) is 3.62. The molecule has 4 heteroatoms. The zero-order chi connectivity index (χ0) is 14.8. The summed E-state index contributed by atoms with van der Waals surface area (Å²) in [4.78, 5) is 16.5. The first-order valence-electron chi connectivity index (χ1n) is 6.71. The number of rotatable bonds is 4. The molecule has 2 rings (SSSR count). The van der Waals surface area contributed by atoms with Gasteiger partial charge in [0.15, 0.2) is 0 Å². The van der Waals surface area contributed by atoms with Crippen LogP contribution in [0, 0.1) is 5.41 Å². The fourth-order valence-electron chi connectivity index (χ4n) is 1.76. The molecule has 0 unspecified atom stereocenters. The van der Waals surface area contributed by atoms with Crippen LogP contribution in [0.25, 0.3) is 10.9 Å². The molecule has 0 bridgehead atoms. The Morgan fingerprint density at radius 3 is 2.75 bits per heavy atom. The SMILES string of the molecule is CCC(C)(C)C(=O)Nc1cnc2cc(OC)ccc2c1. The van der Waals surface area contributed by atoms with Gasteiger partial charge in [0, 0.05) is 16.9 Å². The van der Waals surface area contributed by atoms with Gasteiger partial charge in [-0.15, -0.1) is 0 Å². The van der Waals surface area contributed by atoms with Crippen molar-refractivity contribution in [2.45, 2.75) is 27.2 Å². The first-order valence-corrected chi connectivity index (χ1v) is 6.71. The largest absolute Gasteiger partial charge is 0.497 e. The predicted molar refractivity (Wildman–Crippen MR) is 81.0 cm³/mol. The molecule has 2 aromatic rings. The number of carbonyl (C=O) groups is 1. The number of anilines is 1. The average molecular weight is 272 g/mol. The van der Waals surface area contributed by atoms with Crippen LogP contribution in [0.5, 0.6) is 5.75 Å². The zero-order valence-electron chi connectivity index (χ0n) is 12.4. The van der Waals surface area contributed by atoms with Crippen LogP contribution < -0.4 is 10.1 Å². The molecule has 1 heterocycles. The van der Waals surface area contributed by atoms with E-state index in [0.717, 1.165) is 23.1 Å². The van der Waals surface area contributed by atoms with E-state index < -0.39 is 0 Å². The molecule has 0 fully saturated rings. The second-order valence-corrected chi connectivity index (χ2v) is 5.47. The Kier molecular flexibility index (Phi) is 3.93. The monoisotopic (exact) mass is 272 g/mol. The molecule has 4 nitrogen and oxygen atoms in total. The molecular formula is C16H20N2O2. The summed E-state index contributed by atoms with van der Waals surface area (Å²) in [6.45, 7) is 5.87. The summed E-state index contributed by atoms with van der Waals surface area (Å²) in [5, 5.41) is 3.89. The van der Waals surface area contributed by atoms with Crippen molar-refractivity contribution in [3.8, 4) is 5.75 Å². The van der Waals surface area contributed by atoms with Crippen LogP contribution in [-0.2, 0) is 4.79 Å². The molecule has 1 aromatic carbocycles. The van der Waals surface area contributed by atoms with Crippen LogP contribution >= 0.6 is 0 Å². The molecule has 1 aromatic heterocycles. The Bertz CT molecular complexity index is 635. The Labute approximate surface area is 119 Å². The molecule has 0 aliphatic heterocycles. The van der Waals surface area contributed by atoms with E-state index in [1.54, 1.807) is 13.3 Å². The number of benzene rings is 1. The van der Waals surface area contributed by atoms with Gasteiger partial charge in [-0.2, -0.15) is 0 Å². The van der Waals surface area contributed by atoms with Gasteiger partial charge in [0.2, 0.25) is 5.91 Å². The van der Waals surface area contributed by atoms with Gasteiger partial charge in [-0.25, -0.2) is 0 Å². The topological polar surface area (TPSA) is 51.2 Å². The van der Waals surface area contributed by atoms with Crippen molar-refractivity contribution in [2.24, 2.45) is 5.41 Å². The summed E-state index contributed by atoms with van der Waals surface area (Å²) in [7, 11) is 1.63. The van der Waals surface area contributed by atoms with Crippen LogP contribution in [0.15, 0.2) is 30.5 Å². The average Bonchev–Trinajstić information content (AvgIpc) is 2.46. The molecule has 0 saturated heterocycles. The van der Waals surface area contributed by atoms with Gasteiger partial charge in [-0.3, -0.25) is 9.78 Å². The Hall–Kier alpha value is -2.10. The molecule has 0 radical (unpaired) electrons. The standard InChI is InChI=1S/C16H20N2O2/c1-5-16(2,3)15(19)18-12-8-11-6-7-13(20-4)9-14(11)17-10-12/h6-10H,5H2,1-4H3,(H,18,19). The highest BCUT2D eigenvalue weighted by molar-refractivity contribution is 5.96. The normalized spacial score (nSPS) is 11.4. The number of fused-ring (bicyclic) bond motifs is 1. The van der Waals surface area contributed by atoms with E-state index in [4.69, 9.17) is 4.74 Å². The van der Waals surface area contributed by atoms with Crippen LogP contribution in [0.3, 0.4) is 0 Å². The lowest BCUT2D eigenvalue weighted by molar-refractivity contribution is -0.124. The van der Waals surface area contributed by atoms with Crippen molar-refractivity contribution in [3.05, 3.63) is 30.5 Å². The summed E-state index contributed by atoms with van der Waals surface area (Å²) in [6.07, 6.45) is 2.46. The van der Waals surface area contributed by atoms with E-state index in [9.17, 15) is 4.79 Å². The lowest BCUT2D eigenvalue weighted by Crippen LogP contribution is -2.30. The highest BCUT2D eigenvalue weighted by Crippen LogP contribution is 2.25. The number of ether oxygens (including phenoxy) is 1. The zero-order valence-corrected chi connectivity index (χ0v) is 12.4. The number of nitrogens with zero attached hydrogens (tertiary/aromatic N) is 1. The van der Waals surface area contributed by atoms with Gasteiger partial charge < -0.3 is 10.1 Å². The molecular weight excluding hydrogens is 252 g/mol. The fraction of sp³-hybridized carbons (Fsp3) is 0.375. The molecule has 0 saturated carbocycles. The number of pyridine rings is 1. The summed E-state index contributed by atoms with van der Waals surface area (Å²) < 4.78 is 5.17. The first-order chi connectivity index (χ1) is 9.46. The van der Waals surface area contributed by atoms with Gasteiger partial charge in [0.1, 0.15) is 5.75 Å². The molecule has 0 aliphatic rings. The number of aromatic nitrogens is 1. The number of amides is 1. The smallest absolute Gasteiger partial charge is 0.230 e. The fourth-order valence-corrected chi connectivity index (χ4v) is 1.76. The Morgan fingerprint density at radius 1 is 1.35 bits per heavy atom. The minimum atomic E-state index is -0.380. The third-order valence-corrected chi connectivity index (χ3v) is 3.65. The number of hydrogen-bond acceptors (Lipinski definition) is 3. The van der Waals surface area contributed by atoms with Crippen LogP contribution in [0.2, 0.25) is 0 Å². The minimum absolute atomic E-state index is 0.00895. The van der Waals surface area contributed by atoms with Gasteiger partial charge in [-0.1, -0.05) is 20.8 Å². The maximum Gasteiger partial charge on any atom is 0.230 e. The van der Waals surface area contributed by atoms with E-state index in [1.807, 2.05) is 45.0 Å².